The van der Waals surface area contributed by atoms with Crippen LogP contribution in [0.25, 0.3) is 0 Å². The topological polar surface area (TPSA) is 75.3 Å². The van der Waals surface area contributed by atoms with Crippen LogP contribution in [0, 0.1) is 5.92 Å². The van der Waals surface area contributed by atoms with Crippen molar-refractivity contribution >= 4 is 36.5 Å². The average molecular weight is 390 g/mol. The molecule has 3 heterocycles. The van der Waals surface area contributed by atoms with E-state index >= 15 is 0 Å². The van der Waals surface area contributed by atoms with Crippen molar-refractivity contribution in [3.8, 4) is 0 Å². The molecule has 1 amide bonds. The highest BCUT2D eigenvalue weighted by Gasteiger charge is 2.34. The Morgan fingerprint density at radius 3 is 2.48 bits per heavy atom. The number of anilines is 1. The van der Waals surface area contributed by atoms with E-state index in [1.54, 1.807) is 18.6 Å². The summed E-state index contributed by atoms with van der Waals surface area (Å²) in [6, 6.07) is 0.271. The van der Waals surface area contributed by atoms with Gasteiger partial charge in [0.05, 0.1) is 6.20 Å². The zero-order valence-electron chi connectivity index (χ0n) is 14.7. The zero-order valence-corrected chi connectivity index (χ0v) is 16.3. The third-order valence-corrected chi connectivity index (χ3v) is 5.16. The Morgan fingerprint density at radius 2 is 1.88 bits per heavy atom. The van der Waals surface area contributed by atoms with Gasteiger partial charge in [-0.25, -0.2) is 4.98 Å². The number of likely N-dealkylation sites (tertiary alicyclic amines) is 1. The lowest BCUT2D eigenvalue weighted by atomic mass is 9.91. The normalized spacial score (nSPS) is 22.6. The number of amides is 1. The van der Waals surface area contributed by atoms with Crippen LogP contribution in [0.5, 0.6) is 0 Å². The maximum atomic E-state index is 12.9. The number of carbonyl (C=O) groups is 1. The highest BCUT2D eigenvalue weighted by molar-refractivity contribution is 5.85. The summed E-state index contributed by atoms with van der Waals surface area (Å²) >= 11 is 0. The second kappa shape index (κ2) is 10.1. The molecule has 0 bridgehead atoms. The van der Waals surface area contributed by atoms with E-state index in [1.807, 2.05) is 6.92 Å². The Labute approximate surface area is 162 Å². The number of nitrogens with two attached hydrogens (primary N) is 1. The average Bonchev–Trinajstić information content (AvgIpc) is 2.62. The lowest BCUT2D eigenvalue weighted by Crippen LogP contribution is -2.54. The molecule has 3 rings (SSSR count). The predicted octanol–water partition coefficient (Wildman–Crippen LogP) is 2.26. The van der Waals surface area contributed by atoms with Gasteiger partial charge in [-0.1, -0.05) is 0 Å². The van der Waals surface area contributed by atoms with Gasteiger partial charge in [0.15, 0.2) is 0 Å². The largest absolute Gasteiger partial charge is 0.355 e. The Balaban J connectivity index is 0.00000156. The highest BCUT2D eigenvalue weighted by atomic mass is 35.5. The minimum Gasteiger partial charge on any atom is -0.355 e. The number of hydrogen-bond donors (Lipinski definition) is 1. The Hall–Kier alpha value is -1.11. The summed E-state index contributed by atoms with van der Waals surface area (Å²) in [6.07, 6.45) is 10.3. The van der Waals surface area contributed by atoms with Gasteiger partial charge in [0.2, 0.25) is 5.91 Å². The summed E-state index contributed by atoms with van der Waals surface area (Å²) in [6.45, 7) is 4.62. The van der Waals surface area contributed by atoms with Crippen LogP contribution in [0.3, 0.4) is 0 Å². The molecule has 2 aliphatic rings. The van der Waals surface area contributed by atoms with Crippen LogP contribution < -0.4 is 10.6 Å². The summed E-state index contributed by atoms with van der Waals surface area (Å²) in [5, 5.41) is 0. The van der Waals surface area contributed by atoms with Crippen molar-refractivity contribution in [2.45, 2.75) is 51.1 Å². The fraction of sp³-hybridized carbons (Fsp3) is 0.706. The first-order valence-electron chi connectivity index (χ1n) is 8.74. The highest BCUT2D eigenvalue weighted by Crippen LogP contribution is 2.27. The first-order chi connectivity index (χ1) is 11.2. The van der Waals surface area contributed by atoms with Crippen molar-refractivity contribution in [3.05, 3.63) is 18.6 Å². The molecular weight excluding hydrogens is 361 g/mol. The van der Waals surface area contributed by atoms with Crippen LogP contribution >= 0.6 is 24.8 Å². The summed E-state index contributed by atoms with van der Waals surface area (Å²) in [7, 11) is 0. The molecule has 1 aromatic heterocycles. The quantitative estimate of drug-likeness (QED) is 0.857. The molecule has 8 heteroatoms. The molecule has 2 N–H and O–H groups in total. The molecule has 2 saturated heterocycles. The monoisotopic (exact) mass is 389 g/mol. The second-order valence-electron chi connectivity index (χ2n) is 6.78. The van der Waals surface area contributed by atoms with Crippen molar-refractivity contribution in [2.75, 3.05) is 24.5 Å². The fourth-order valence-corrected chi connectivity index (χ4v) is 3.82. The van der Waals surface area contributed by atoms with E-state index in [0.29, 0.717) is 5.91 Å². The van der Waals surface area contributed by atoms with Gasteiger partial charge in [0.1, 0.15) is 5.82 Å². The Bertz CT molecular complexity index is 523. The maximum Gasteiger partial charge on any atom is 0.226 e. The van der Waals surface area contributed by atoms with Gasteiger partial charge in [-0.2, -0.15) is 0 Å². The van der Waals surface area contributed by atoms with Crippen molar-refractivity contribution in [3.63, 3.8) is 0 Å². The molecule has 1 aromatic rings. The maximum absolute atomic E-state index is 12.9. The molecule has 0 saturated carbocycles. The van der Waals surface area contributed by atoms with Gasteiger partial charge in [0.25, 0.3) is 0 Å². The van der Waals surface area contributed by atoms with E-state index in [0.717, 1.165) is 51.1 Å². The molecular formula is C17H29Cl2N5O. The van der Waals surface area contributed by atoms with Gasteiger partial charge >= 0.3 is 0 Å². The molecule has 0 radical (unpaired) electrons. The van der Waals surface area contributed by atoms with Crippen molar-refractivity contribution in [2.24, 2.45) is 11.7 Å². The number of halogens is 2. The van der Waals surface area contributed by atoms with Crippen LogP contribution in [0.4, 0.5) is 5.82 Å². The molecule has 142 valence electrons. The summed E-state index contributed by atoms with van der Waals surface area (Å²) < 4.78 is 0. The van der Waals surface area contributed by atoms with Crippen LogP contribution in [0.15, 0.2) is 18.6 Å². The molecule has 2 fully saturated rings. The summed E-state index contributed by atoms with van der Waals surface area (Å²) in [4.78, 5) is 25.7. The van der Waals surface area contributed by atoms with Crippen LogP contribution in [-0.2, 0) is 4.79 Å². The van der Waals surface area contributed by atoms with Gasteiger partial charge in [-0.15, -0.1) is 24.8 Å². The molecule has 0 aliphatic carbocycles. The van der Waals surface area contributed by atoms with Crippen molar-refractivity contribution in [1.29, 1.82) is 0 Å². The van der Waals surface area contributed by atoms with Gasteiger partial charge in [-0.05, 0) is 39.0 Å². The number of nitrogens with zero attached hydrogens (tertiary/aromatic N) is 4. The Kier molecular flexibility index (Phi) is 8.89. The zero-order chi connectivity index (χ0) is 16.2. The molecule has 0 aromatic carbocycles. The van der Waals surface area contributed by atoms with E-state index in [2.05, 4.69) is 19.8 Å². The number of rotatable bonds is 3. The smallest absolute Gasteiger partial charge is 0.226 e. The molecule has 2 aliphatic heterocycles. The number of aromatic nitrogens is 2. The SMILES string of the molecule is CC(N)C1CCCCN1C(=O)C1CCN(c2cnccn2)CC1.Cl.Cl. The lowest BCUT2D eigenvalue weighted by molar-refractivity contribution is -0.140. The standard InChI is InChI=1S/C17H27N5O.2ClH/c1-13(18)15-4-2-3-9-22(15)17(23)14-5-10-21(11-6-14)16-12-19-7-8-20-16;;/h7-8,12-15H,2-6,9-11,18H2,1H3;2*1H. The first-order valence-corrected chi connectivity index (χ1v) is 8.74. The van der Waals surface area contributed by atoms with Gasteiger partial charge in [0, 0.05) is 50.0 Å². The second-order valence-corrected chi connectivity index (χ2v) is 6.78. The van der Waals surface area contributed by atoms with E-state index in [9.17, 15) is 4.79 Å². The summed E-state index contributed by atoms with van der Waals surface area (Å²) in [5.74, 6) is 1.35. The van der Waals surface area contributed by atoms with Gasteiger partial charge < -0.3 is 15.5 Å². The van der Waals surface area contributed by atoms with Crippen LogP contribution in [0.1, 0.15) is 39.0 Å². The third kappa shape index (κ3) is 5.19. The fourth-order valence-electron chi connectivity index (χ4n) is 3.82. The van der Waals surface area contributed by atoms with E-state index in [4.69, 9.17) is 5.73 Å². The van der Waals surface area contributed by atoms with Gasteiger partial charge in [-0.3, -0.25) is 9.78 Å². The van der Waals surface area contributed by atoms with E-state index in [1.165, 1.54) is 6.42 Å². The molecule has 6 nitrogen and oxygen atoms in total. The third-order valence-electron chi connectivity index (χ3n) is 5.16. The number of piperidine rings is 2. The van der Waals surface area contributed by atoms with Crippen LogP contribution in [0.2, 0.25) is 0 Å². The number of carbonyl (C=O) groups excluding carboxylic acids is 1. The first kappa shape index (κ1) is 21.9. The summed E-state index contributed by atoms with van der Waals surface area (Å²) in [5.41, 5.74) is 6.11. The van der Waals surface area contributed by atoms with Crippen molar-refractivity contribution in [1.82, 2.24) is 14.9 Å². The van der Waals surface area contributed by atoms with Crippen LogP contribution in [-0.4, -0.2) is 52.5 Å². The molecule has 25 heavy (non-hydrogen) atoms. The number of hydrogen-bond acceptors (Lipinski definition) is 5. The molecule has 0 spiro atoms. The van der Waals surface area contributed by atoms with E-state index in [-0.39, 0.29) is 42.8 Å². The Morgan fingerprint density at radius 1 is 1.16 bits per heavy atom. The minimum atomic E-state index is 0. The van der Waals surface area contributed by atoms with E-state index < -0.39 is 0 Å². The lowest BCUT2D eigenvalue weighted by Gasteiger charge is -2.41. The molecule has 2 atom stereocenters. The van der Waals surface area contributed by atoms with Crippen molar-refractivity contribution < 1.29 is 4.79 Å². The molecule has 2 unspecified atom stereocenters. The minimum absolute atomic E-state index is 0. The predicted molar refractivity (Wildman–Crippen MR) is 104 cm³/mol.